The topological polar surface area (TPSA) is 100 Å². The number of amides is 2. The number of primary amides is 1. The van der Waals surface area contributed by atoms with E-state index in [1.54, 1.807) is 0 Å². The molecule has 1 aliphatic carbocycles. The van der Waals surface area contributed by atoms with E-state index in [2.05, 4.69) is 41.6 Å². The van der Waals surface area contributed by atoms with Gasteiger partial charge in [0.2, 0.25) is 11.8 Å². The smallest absolute Gasteiger partial charge is 0.241 e. The lowest BCUT2D eigenvalue weighted by Crippen LogP contribution is -2.63. The van der Waals surface area contributed by atoms with Gasteiger partial charge in [0, 0.05) is 23.0 Å². The predicted molar refractivity (Wildman–Crippen MR) is 116 cm³/mol. The van der Waals surface area contributed by atoms with Crippen LogP contribution in [0.2, 0.25) is 0 Å². The first-order valence-corrected chi connectivity index (χ1v) is 10.7. The van der Waals surface area contributed by atoms with Gasteiger partial charge in [-0.2, -0.15) is 0 Å². The summed E-state index contributed by atoms with van der Waals surface area (Å²) in [6, 6.07) is 7.55. The number of aromatic nitrogens is 1. The number of carbonyl (C=O) groups excluding carboxylic acids is 2. The molecule has 3 rings (SSSR count). The zero-order valence-electron chi connectivity index (χ0n) is 18.0. The average Bonchev–Trinajstić information content (AvgIpc) is 3.02. The average molecular weight is 399 g/mol. The van der Waals surface area contributed by atoms with Crippen LogP contribution in [0.1, 0.15) is 51.8 Å². The highest BCUT2D eigenvalue weighted by Gasteiger charge is 2.43. The van der Waals surface area contributed by atoms with Crippen LogP contribution in [0.15, 0.2) is 24.3 Å². The van der Waals surface area contributed by atoms with Crippen LogP contribution < -0.4 is 16.4 Å². The first-order valence-electron chi connectivity index (χ1n) is 10.7. The Morgan fingerprint density at radius 1 is 1.21 bits per heavy atom. The third kappa shape index (κ3) is 4.47. The molecule has 1 unspecified atom stereocenters. The molecule has 2 aromatic rings. The fraction of sp³-hybridized carbons (Fsp3) is 0.565. The molecule has 1 heterocycles. The van der Waals surface area contributed by atoms with Crippen LogP contribution in [0.4, 0.5) is 0 Å². The van der Waals surface area contributed by atoms with Crippen molar-refractivity contribution in [1.29, 1.82) is 0 Å². The molecule has 2 atom stereocenters. The molecule has 2 amide bonds. The van der Waals surface area contributed by atoms with Crippen molar-refractivity contribution in [3.63, 3.8) is 0 Å². The lowest BCUT2D eigenvalue weighted by Gasteiger charge is -2.38. The summed E-state index contributed by atoms with van der Waals surface area (Å²) in [5.41, 5.74) is 8.32. The molecule has 0 spiro atoms. The van der Waals surface area contributed by atoms with Crippen LogP contribution in [0, 0.1) is 11.8 Å². The maximum Gasteiger partial charge on any atom is 0.241 e. The van der Waals surface area contributed by atoms with E-state index in [0.29, 0.717) is 18.8 Å². The largest absolute Gasteiger partial charge is 0.368 e. The van der Waals surface area contributed by atoms with Gasteiger partial charge in [0.1, 0.15) is 11.6 Å². The van der Waals surface area contributed by atoms with Crippen LogP contribution in [0.25, 0.3) is 10.9 Å². The predicted octanol–water partition coefficient (Wildman–Crippen LogP) is 2.66. The number of benzene rings is 1. The number of aryl methyl sites for hydroxylation is 1. The Hall–Kier alpha value is -2.34. The first kappa shape index (κ1) is 21.4. The molecular formula is C23H34N4O2. The van der Waals surface area contributed by atoms with Crippen molar-refractivity contribution in [3.8, 4) is 0 Å². The van der Waals surface area contributed by atoms with Gasteiger partial charge in [-0.3, -0.25) is 9.59 Å². The van der Waals surface area contributed by atoms with Gasteiger partial charge in [-0.05, 0) is 49.3 Å². The van der Waals surface area contributed by atoms with Crippen molar-refractivity contribution in [3.05, 3.63) is 35.5 Å². The zero-order chi connectivity index (χ0) is 21.2. The minimum absolute atomic E-state index is 0.0589. The molecule has 1 aromatic heterocycles. The Morgan fingerprint density at radius 2 is 1.93 bits per heavy atom. The fourth-order valence-corrected chi connectivity index (χ4v) is 4.27. The van der Waals surface area contributed by atoms with Crippen LogP contribution in [-0.2, 0) is 22.4 Å². The summed E-state index contributed by atoms with van der Waals surface area (Å²) in [6.07, 6.45) is 3.05. The minimum atomic E-state index is -0.741. The molecule has 0 fully saturated rings. The molecule has 29 heavy (non-hydrogen) atoms. The van der Waals surface area contributed by atoms with Gasteiger partial charge in [-0.25, -0.2) is 0 Å². The molecule has 5 N–H and O–H groups in total. The van der Waals surface area contributed by atoms with E-state index in [-0.39, 0.29) is 11.8 Å². The van der Waals surface area contributed by atoms with Crippen molar-refractivity contribution in [2.45, 2.75) is 65.0 Å². The molecule has 158 valence electrons. The number of hydrogen-bond acceptors (Lipinski definition) is 3. The Bertz CT molecular complexity index is 886. The van der Waals surface area contributed by atoms with Gasteiger partial charge in [0.15, 0.2) is 0 Å². The second kappa shape index (κ2) is 8.57. The Kier molecular flexibility index (Phi) is 6.32. The van der Waals surface area contributed by atoms with Crippen LogP contribution in [-0.4, -0.2) is 34.9 Å². The van der Waals surface area contributed by atoms with E-state index >= 15 is 0 Å². The third-order valence-electron chi connectivity index (χ3n) is 6.06. The first-order chi connectivity index (χ1) is 13.7. The third-order valence-corrected chi connectivity index (χ3v) is 6.06. The molecular weight excluding hydrogens is 364 g/mol. The lowest BCUT2D eigenvalue weighted by molar-refractivity contribution is -0.133. The van der Waals surface area contributed by atoms with E-state index in [0.717, 1.165) is 24.9 Å². The van der Waals surface area contributed by atoms with E-state index in [1.165, 1.54) is 16.6 Å². The molecule has 0 saturated carbocycles. The van der Waals surface area contributed by atoms with E-state index in [9.17, 15) is 9.59 Å². The van der Waals surface area contributed by atoms with Crippen LogP contribution in [0.5, 0.6) is 0 Å². The second-order valence-electron chi connectivity index (χ2n) is 9.09. The summed E-state index contributed by atoms with van der Waals surface area (Å²) < 4.78 is 0. The van der Waals surface area contributed by atoms with Crippen molar-refractivity contribution in [2.24, 2.45) is 17.6 Å². The molecule has 1 aromatic carbocycles. The summed E-state index contributed by atoms with van der Waals surface area (Å²) in [4.78, 5) is 28.9. The molecule has 1 aliphatic rings. The minimum Gasteiger partial charge on any atom is -0.368 e. The van der Waals surface area contributed by atoms with Gasteiger partial charge >= 0.3 is 0 Å². The maximum absolute atomic E-state index is 13.5. The number of carbonyl (C=O) groups is 2. The quantitative estimate of drug-likeness (QED) is 0.550. The highest BCUT2D eigenvalue weighted by Crippen LogP contribution is 2.34. The number of fused-ring (bicyclic) bond motifs is 3. The molecule has 6 nitrogen and oxygen atoms in total. The maximum atomic E-state index is 13.5. The standard InChI is InChI=1S/C23H34N4O2/c1-14(2)10-12-25-23(22(29)27-20(15(3)4)21(24)28)11-9-19-17(13-23)16-7-5-6-8-18(16)26-19/h5-8,14-15,20,25-26H,9-13H2,1-4H3,(H2,24,28)(H,27,29)/t20-,23?/m0/s1. The molecule has 0 aliphatic heterocycles. The highest BCUT2D eigenvalue weighted by atomic mass is 16.2. The monoisotopic (exact) mass is 398 g/mol. The SMILES string of the molecule is CC(C)CCNC1(C(=O)N[C@H](C(N)=O)C(C)C)CCc2[nH]c3ccccc3c2C1. The van der Waals surface area contributed by atoms with Gasteiger partial charge < -0.3 is 21.4 Å². The van der Waals surface area contributed by atoms with Crippen molar-refractivity contribution in [1.82, 2.24) is 15.6 Å². The van der Waals surface area contributed by atoms with Crippen molar-refractivity contribution >= 4 is 22.7 Å². The Labute approximate surface area is 173 Å². The van der Waals surface area contributed by atoms with Gasteiger partial charge in [0.05, 0.1) is 0 Å². The highest BCUT2D eigenvalue weighted by molar-refractivity contribution is 5.93. The molecule has 0 radical (unpaired) electrons. The van der Waals surface area contributed by atoms with Gasteiger partial charge in [-0.1, -0.05) is 45.9 Å². The number of para-hydroxylation sites is 1. The van der Waals surface area contributed by atoms with E-state index < -0.39 is 17.5 Å². The number of nitrogens with two attached hydrogens (primary N) is 1. The van der Waals surface area contributed by atoms with Crippen molar-refractivity contribution < 1.29 is 9.59 Å². The number of nitrogens with one attached hydrogen (secondary N) is 3. The summed E-state index contributed by atoms with van der Waals surface area (Å²) in [5.74, 6) is -0.135. The van der Waals surface area contributed by atoms with Gasteiger partial charge in [-0.15, -0.1) is 0 Å². The van der Waals surface area contributed by atoms with E-state index in [1.807, 2.05) is 26.0 Å². The second-order valence-corrected chi connectivity index (χ2v) is 9.09. The normalized spacial score (nSPS) is 20.1. The van der Waals surface area contributed by atoms with Gasteiger partial charge in [0.25, 0.3) is 0 Å². The number of aromatic amines is 1. The van der Waals surface area contributed by atoms with Crippen molar-refractivity contribution in [2.75, 3.05) is 6.54 Å². The molecule has 0 bridgehead atoms. The van der Waals surface area contributed by atoms with Crippen LogP contribution >= 0.6 is 0 Å². The van der Waals surface area contributed by atoms with E-state index in [4.69, 9.17) is 5.73 Å². The summed E-state index contributed by atoms with van der Waals surface area (Å²) in [7, 11) is 0. The Morgan fingerprint density at radius 3 is 2.59 bits per heavy atom. The Balaban J connectivity index is 1.92. The summed E-state index contributed by atoms with van der Waals surface area (Å²) >= 11 is 0. The zero-order valence-corrected chi connectivity index (χ0v) is 18.0. The molecule has 0 saturated heterocycles. The van der Waals surface area contributed by atoms with Crippen LogP contribution in [0.3, 0.4) is 0 Å². The lowest BCUT2D eigenvalue weighted by atomic mass is 9.78. The summed E-state index contributed by atoms with van der Waals surface area (Å²) in [5, 5.41) is 7.68. The molecule has 6 heteroatoms. The number of rotatable bonds is 8. The summed E-state index contributed by atoms with van der Waals surface area (Å²) in [6.45, 7) is 8.90. The number of H-pyrrole nitrogens is 1. The fourth-order valence-electron chi connectivity index (χ4n) is 4.27. The number of hydrogen-bond donors (Lipinski definition) is 4.